The Balaban J connectivity index is 1.93. The number of amides is 1. The SMILES string of the molecule is CC(C)c1ccc(/C=C/C(=O)NN(C)c2ccccc2)cc1. The van der Waals surface area contributed by atoms with Crippen molar-refractivity contribution in [1.82, 2.24) is 5.43 Å². The van der Waals surface area contributed by atoms with Crippen molar-refractivity contribution in [2.45, 2.75) is 19.8 Å². The lowest BCUT2D eigenvalue weighted by Gasteiger charge is -2.19. The highest BCUT2D eigenvalue weighted by molar-refractivity contribution is 5.92. The standard InChI is InChI=1S/C19H22N2O/c1-15(2)17-12-9-16(10-13-17)11-14-19(22)20-21(3)18-7-5-4-6-8-18/h4-15H,1-3H3,(H,20,22)/b14-11+. The van der Waals surface area contributed by atoms with Gasteiger partial charge in [-0.1, -0.05) is 56.3 Å². The summed E-state index contributed by atoms with van der Waals surface area (Å²) < 4.78 is 0. The zero-order chi connectivity index (χ0) is 15.9. The molecule has 2 rings (SSSR count). The number of hydrazine groups is 1. The van der Waals surface area contributed by atoms with Crippen LogP contribution in [0, 0.1) is 0 Å². The van der Waals surface area contributed by atoms with Crippen LogP contribution in [0.15, 0.2) is 60.7 Å². The average molecular weight is 294 g/mol. The number of carbonyl (C=O) groups is 1. The Morgan fingerprint density at radius 3 is 2.27 bits per heavy atom. The summed E-state index contributed by atoms with van der Waals surface area (Å²) in [7, 11) is 1.82. The first-order chi connectivity index (χ1) is 10.6. The number of nitrogens with one attached hydrogen (secondary N) is 1. The fraction of sp³-hybridized carbons (Fsp3) is 0.211. The largest absolute Gasteiger partial charge is 0.288 e. The Morgan fingerprint density at radius 1 is 1.05 bits per heavy atom. The molecule has 0 aliphatic heterocycles. The molecule has 0 fully saturated rings. The van der Waals surface area contributed by atoms with Gasteiger partial charge in [0.1, 0.15) is 0 Å². The van der Waals surface area contributed by atoms with E-state index in [0.717, 1.165) is 11.3 Å². The van der Waals surface area contributed by atoms with Gasteiger partial charge in [-0.15, -0.1) is 0 Å². The lowest BCUT2D eigenvalue weighted by Crippen LogP contribution is -2.38. The second kappa shape index (κ2) is 7.46. The van der Waals surface area contributed by atoms with Crippen molar-refractivity contribution in [3.05, 3.63) is 71.8 Å². The number of anilines is 1. The second-order valence-corrected chi connectivity index (χ2v) is 5.53. The van der Waals surface area contributed by atoms with E-state index in [1.807, 2.05) is 55.6 Å². The molecule has 2 aromatic rings. The molecule has 0 aliphatic rings. The Hall–Kier alpha value is -2.55. The second-order valence-electron chi connectivity index (χ2n) is 5.53. The number of hydrogen-bond donors (Lipinski definition) is 1. The maximum atomic E-state index is 11.9. The predicted octanol–water partition coefficient (Wildman–Crippen LogP) is 3.99. The van der Waals surface area contributed by atoms with E-state index in [1.165, 1.54) is 5.56 Å². The number of nitrogens with zero attached hydrogens (tertiary/aromatic N) is 1. The summed E-state index contributed by atoms with van der Waals surface area (Å²) in [4.78, 5) is 11.9. The van der Waals surface area contributed by atoms with E-state index in [2.05, 4.69) is 31.4 Å². The monoisotopic (exact) mass is 294 g/mol. The summed E-state index contributed by atoms with van der Waals surface area (Å²) in [6.07, 6.45) is 3.36. The molecule has 1 amide bonds. The lowest BCUT2D eigenvalue weighted by atomic mass is 10.0. The van der Waals surface area contributed by atoms with Crippen LogP contribution in [-0.2, 0) is 4.79 Å². The molecule has 0 bridgehead atoms. The number of para-hydroxylation sites is 1. The minimum Gasteiger partial charge on any atom is -0.288 e. The van der Waals surface area contributed by atoms with Crippen molar-refractivity contribution in [3.63, 3.8) is 0 Å². The molecule has 114 valence electrons. The first kappa shape index (κ1) is 15.8. The molecular formula is C19H22N2O. The molecule has 0 spiro atoms. The van der Waals surface area contributed by atoms with Crippen LogP contribution in [-0.4, -0.2) is 13.0 Å². The van der Waals surface area contributed by atoms with Crippen molar-refractivity contribution < 1.29 is 4.79 Å². The van der Waals surface area contributed by atoms with Crippen LogP contribution >= 0.6 is 0 Å². The van der Waals surface area contributed by atoms with Gasteiger partial charge >= 0.3 is 0 Å². The molecular weight excluding hydrogens is 272 g/mol. The topological polar surface area (TPSA) is 32.3 Å². The highest BCUT2D eigenvalue weighted by atomic mass is 16.2. The fourth-order valence-corrected chi connectivity index (χ4v) is 2.08. The Bertz CT molecular complexity index is 630. The van der Waals surface area contributed by atoms with Gasteiger partial charge in [0, 0.05) is 13.1 Å². The molecule has 0 unspecified atom stereocenters. The van der Waals surface area contributed by atoms with E-state index in [9.17, 15) is 4.79 Å². The predicted molar refractivity (Wildman–Crippen MR) is 92.6 cm³/mol. The molecule has 0 saturated carbocycles. The van der Waals surface area contributed by atoms with E-state index in [4.69, 9.17) is 0 Å². The van der Waals surface area contributed by atoms with Gasteiger partial charge in [-0.2, -0.15) is 0 Å². The summed E-state index contributed by atoms with van der Waals surface area (Å²) in [5.41, 5.74) is 6.05. The Kier molecular flexibility index (Phi) is 5.37. The maximum Gasteiger partial charge on any atom is 0.262 e. The number of benzene rings is 2. The van der Waals surface area contributed by atoms with Gasteiger partial charge in [0.15, 0.2) is 0 Å². The highest BCUT2D eigenvalue weighted by Crippen LogP contribution is 2.15. The van der Waals surface area contributed by atoms with Gasteiger partial charge in [0.25, 0.3) is 5.91 Å². The molecule has 0 aliphatic carbocycles. The zero-order valence-corrected chi connectivity index (χ0v) is 13.3. The molecule has 0 aromatic heterocycles. The normalized spacial score (nSPS) is 10.9. The van der Waals surface area contributed by atoms with Crippen LogP contribution in [0.1, 0.15) is 30.9 Å². The summed E-state index contributed by atoms with van der Waals surface area (Å²) in [5.74, 6) is 0.361. The molecule has 0 heterocycles. The fourth-order valence-electron chi connectivity index (χ4n) is 2.08. The van der Waals surface area contributed by atoms with Crippen molar-refractivity contribution in [2.24, 2.45) is 0 Å². The van der Waals surface area contributed by atoms with Crippen LogP contribution in [0.3, 0.4) is 0 Å². The van der Waals surface area contributed by atoms with Crippen LogP contribution in [0.2, 0.25) is 0 Å². The Morgan fingerprint density at radius 2 is 1.68 bits per heavy atom. The molecule has 22 heavy (non-hydrogen) atoms. The molecule has 3 heteroatoms. The van der Waals surface area contributed by atoms with Crippen molar-refractivity contribution in [3.8, 4) is 0 Å². The van der Waals surface area contributed by atoms with E-state index in [0.29, 0.717) is 5.92 Å². The van der Waals surface area contributed by atoms with Crippen LogP contribution in [0.5, 0.6) is 0 Å². The van der Waals surface area contributed by atoms with E-state index in [1.54, 1.807) is 11.1 Å². The maximum absolute atomic E-state index is 11.9. The van der Waals surface area contributed by atoms with Gasteiger partial charge in [-0.3, -0.25) is 15.2 Å². The third-order valence-corrected chi connectivity index (χ3v) is 3.45. The van der Waals surface area contributed by atoms with Gasteiger partial charge in [-0.05, 0) is 35.3 Å². The molecule has 0 atom stereocenters. The van der Waals surface area contributed by atoms with Crippen LogP contribution < -0.4 is 10.4 Å². The number of hydrogen-bond acceptors (Lipinski definition) is 2. The molecule has 0 radical (unpaired) electrons. The van der Waals surface area contributed by atoms with Gasteiger partial charge < -0.3 is 0 Å². The van der Waals surface area contributed by atoms with Crippen molar-refractivity contribution in [2.75, 3.05) is 12.1 Å². The first-order valence-corrected chi connectivity index (χ1v) is 7.43. The van der Waals surface area contributed by atoms with Crippen LogP contribution in [0.25, 0.3) is 6.08 Å². The van der Waals surface area contributed by atoms with E-state index in [-0.39, 0.29) is 5.91 Å². The molecule has 0 saturated heterocycles. The molecule has 3 nitrogen and oxygen atoms in total. The molecule has 1 N–H and O–H groups in total. The minimum atomic E-state index is -0.153. The molecule has 2 aromatic carbocycles. The smallest absolute Gasteiger partial charge is 0.262 e. The summed E-state index contributed by atoms with van der Waals surface area (Å²) in [6, 6.07) is 17.9. The van der Waals surface area contributed by atoms with E-state index < -0.39 is 0 Å². The summed E-state index contributed by atoms with van der Waals surface area (Å²) in [6.45, 7) is 4.33. The highest BCUT2D eigenvalue weighted by Gasteiger charge is 2.02. The van der Waals surface area contributed by atoms with Crippen molar-refractivity contribution in [1.29, 1.82) is 0 Å². The third-order valence-electron chi connectivity index (χ3n) is 3.45. The van der Waals surface area contributed by atoms with E-state index >= 15 is 0 Å². The first-order valence-electron chi connectivity index (χ1n) is 7.43. The minimum absolute atomic E-state index is 0.153. The Labute approximate surface area is 132 Å². The lowest BCUT2D eigenvalue weighted by molar-refractivity contribution is -0.116. The van der Waals surface area contributed by atoms with Gasteiger partial charge in [0.2, 0.25) is 0 Å². The third kappa shape index (κ3) is 4.48. The summed E-state index contributed by atoms with van der Waals surface area (Å²) >= 11 is 0. The van der Waals surface area contributed by atoms with Gasteiger partial charge in [0.05, 0.1) is 5.69 Å². The number of carbonyl (C=O) groups excluding carboxylic acids is 1. The van der Waals surface area contributed by atoms with Crippen LogP contribution in [0.4, 0.5) is 5.69 Å². The van der Waals surface area contributed by atoms with Crippen molar-refractivity contribution >= 4 is 17.7 Å². The average Bonchev–Trinajstić information content (AvgIpc) is 2.54. The summed E-state index contributed by atoms with van der Waals surface area (Å²) in [5, 5.41) is 1.70. The van der Waals surface area contributed by atoms with Gasteiger partial charge in [-0.25, -0.2) is 0 Å². The number of rotatable bonds is 5. The zero-order valence-electron chi connectivity index (χ0n) is 13.3. The quantitative estimate of drug-likeness (QED) is 0.668.